The maximum absolute atomic E-state index is 12.5. The number of anilines is 3. The lowest BCUT2D eigenvalue weighted by Crippen LogP contribution is -2.17. The monoisotopic (exact) mass is 425 g/mol. The number of nitrogens with zero attached hydrogens (tertiary/aromatic N) is 2. The summed E-state index contributed by atoms with van der Waals surface area (Å²) < 4.78 is 23.4. The molecule has 1 heterocycles. The van der Waals surface area contributed by atoms with Gasteiger partial charge in [0.15, 0.2) is 21.3 Å². The fourth-order valence-electron chi connectivity index (χ4n) is 2.66. The Morgan fingerprint density at radius 2 is 1.70 bits per heavy atom. The number of amides is 2. The summed E-state index contributed by atoms with van der Waals surface area (Å²) in [5.41, 5.74) is 7.57. The molecule has 0 radical (unpaired) electrons. The number of sulfone groups is 1. The van der Waals surface area contributed by atoms with Crippen LogP contribution < -0.4 is 16.4 Å². The van der Waals surface area contributed by atoms with E-state index in [0.717, 1.165) is 6.26 Å². The Balaban J connectivity index is 1.75. The van der Waals surface area contributed by atoms with Crippen molar-refractivity contribution in [3.05, 3.63) is 71.7 Å². The number of hydrogen-bond donors (Lipinski definition) is 3. The first kappa shape index (κ1) is 20.9. The molecular formula is C20H19N5O4S. The Kier molecular flexibility index (Phi) is 5.79. The maximum atomic E-state index is 12.5. The molecule has 2 amide bonds. The van der Waals surface area contributed by atoms with E-state index >= 15 is 0 Å². The Labute approximate surface area is 173 Å². The SMILES string of the molecule is Cc1cc(NC(=O)c2nccnc2N)ccc1NC(=O)c1cccc(S(C)(=O)=O)c1. The van der Waals surface area contributed by atoms with E-state index in [0.29, 0.717) is 16.9 Å². The highest BCUT2D eigenvalue weighted by molar-refractivity contribution is 7.90. The van der Waals surface area contributed by atoms with Crippen molar-refractivity contribution >= 4 is 38.8 Å². The average Bonchev–Trinajstić information content (AvgIpc) is 2.69. The molecule has 0 atom stereocenters. The molecule has 3 aromatic rings. The second kappa shape index (κ2) is 8.29. The summed E-state index contributed by atoms with van der Waals surface area (Å²) in [6, 6.07) is 10.7. The zero-order valence-corrected chi connectivity index (χ0v) is 17.0. The Hall–Kier alpha value is -3.79. The molecule has 0 saturated heterocycles. The van der Waals surface area contributed by atoms with Crippen molar-refractivity contribution in [2.45, 2.75) is 11.8 Å². The van der Waals surface area contributed by atoms with E-state index in [9.17, 15) is 18.0 Å². The standard InChI is InChI=1S/C20H19N5O4S/c1-12-10-14(24-20(27)17-18(21)23-9-8-22-17)6-7-16(12)25-19(26)13-4-3-5-15(11-13)30(2,28)29/h3-11H,1-2H3,(H2,21,23)(H,24,27)(H,25,26). The molecule has 0 aliphatic heterocycles. The summed E-state index contributed by atoms with van der Waals surface area (Å²) in [5, 5.41) is 5.41. The summed E-state index contributed by atoms with van der Waals surface area (Å²) in [6.45, 7) is 1.76. The predicted molar refractivity (Wildman–Crippen MR) is 113 cm³/mol. The van der Waals surface area contributed by atoms with Crippen LogP contribution in [-0.2, 0) is 9.84 Å². The number of rotatable bonds is 5. The number of nitrogens with two attached hydrogens (primary N) is 1. The van der Waals surface area contributed by atoms with Crippen LogP contribution in [0.4, 0.5) is 17.2 Å². The van der Waals surface area contributed by atoms with E-state index < -0.39 is 21.7 Å². The zero-order valence-electron chi connectivity index (χ0n) is 16.2. The quantitative estimate of drug-likeness (QED) is 0.569. The molecule has 2 aromatic carbocycles. The normalized spacial score (nSPS) is 11.0. The van der Waals surface area contributed by atoms with E-state index in [1.807, 2.05) is 0 Å². The number of nitrogens with one attached hydrogen (secondary N) is 2. The smallest absolute Gasteiger partial charge is 0.278 e. The van der Waals surface area contributed by atoms with Gasteiger partial charge in [0.1, 0.15) is 0 Å². The van der Waals surface area contributed by atoms with Crippen molar-refractivity contribution in [1.29, 1.82) is 0 Å². The first-order valence-corrected chi connectivity index (χ1v) is 10.6. The minimum absolute atomic E-state index is 0.0123. The maximum Gasteiger partial charge on any atom is 0.278 e. The summed E-state index contributed by atoms with van der Waals surface area (Å²) in [5.74, 6) is -0.936. The molecule has 0 aliphatic carbocycles. The lowest BCUT2D eigenvalue weighted by atomic mass is 10.1. The van der Waals surface area contributed by atoms with Gasteiger partial charge in [-0.2, -0.15) is 0 Å². The highest BCUT2D eigenvalue weighted by Gasteiger charge is 2.15. The van der Waals surface area contributed by atoms with Crippen molar-refractivity contribution in [3.8, 4) is 0 Å². The molecule has 9 nitrogen and oxygen atoms in total. The van der Waals surface area contributed by atoms with Gasteiger partial charge >= 0.3 is 0 Å². The summed E-state index contributed by atoms with van der Waals surface area (Å²) in [6.07, 6.45) is 3.84. The van der Waals surface area contributed by atoms with Crippen molar-refractivity contribution in [1.82, 2.24) is 9.97 Å². The van der Waals surface area contributed by atoms with Crippen LogP contribution in [-0.4, -0.2) is 36.5 Å². The molecule has 0 bridgehead atoms. The molecule has 0 aliphatic rings. The van der Waals surface area contributed by atoms with Crippen LogP contribution in [0.2, 0.25) is 0 Å². The van der Waals surface area contributed by atoms with Crippen molar-refractivity contribution in [2.24, 2.45) is 0 Å². The molecule has 0 fully saturated rings. The predicted octanol–water partition coefficient (Wildman–Crippen LogP) is 2.28. The summed E-state index contributed by atoms with van der Waals surface area (Å²) in [7, 11) is -3.42. The van der Waals surface area contributed by atoms with E-state index in [1.54, 1.807) is 25.1 Å². The number of benzene rings is 2. The lowest BCUT2D eigenvalue weighted by molar-refractivity contribution is 0.101. The van der Waals surface area contributed by atoms with Gasteiger partial charge in [-0.05, 0) is 48.9 Å². The van der Waals surface area contributed by atoms with Crippen LogP contribution in [0.5, 0.6) is 0 Å². The fraction of sp³-hybridized carbons (Fsp3) is 0.100. The molecule has 30 heavy (non-hydrogen) atoms. The second-order valence-electron chi connectivity index (χ2n) is 6.53. The van der Waals surface area contributed by atoms with Crippen molar-refractivity contribution in [2.75, 3.05) is 22.6 Å². The van der Waals surface area contributed by atoms with Gasteiger partial charge in [-0.1, -0.05) is 6.07 Å². The zero-order chi connectivity index (χ0) is 21.9. The second-order valence-corrected chi connectivity index (χ2v) is 8.54. The van der Waals surface area contributed by atoms with Gasteiger partial charge in [-0.15, -0.1) is 0 Å². The van der Waals surface area contributed by atoms with Gasteiger partial charge < -0.3 is 16.4 Å². The number of nitrogen functional groups attached to an aromatic ring is 1. The van der Waals surface area contributed by atoms with Gasteiger partial charge in [-0.3, -0.25) is 9.59 Å². The highest BCUT2D eigenvalue weighted by atomic mass is 32.2. The number of carbonyl (C=O) groups is 2. The van der Waals surface area contributed by atoms with E-state index in [1.165, 1.54) is 36.7 Å². The molecule has 10 heteroatoms. The minimum Gasteiger partial charge on any atom is -0.382 e. The average molecular weight is 425 g/mol. The molecule has 1 aromatic heterocycles. The third-order valence-corrected chi connectivity index (χ3v) is 5.31. The highest BCUT2D eigenvalue weighted by Crippen LogP contribution is 2.22. The topological polar surface area (TPSA) is 144 Å². The Bertz CT molecular complexity index is 1240. The molecule has 0 saturated carbocycles. The van der Waals surface area contributed by atoms with Gasteiger partial charge in [0, 0.05) is 35.6 Å². The van der Waals surface area contributed by atoms with Crippen LogP contribution >= 0.6 is 0 Å². The Morgan fingerprint density at radius 3 is 2.37 bits per heavy atom. The number of hydrogen-bond acceptors (Lipinski definition) is 7. The first-order chi connectivity index (χ1) is 14.1. The van der Waals surface area contributed by atoms with Crippen LogP contribution in [0, 0.1) is 6.92 Å². The molecule has 3 rings (SSSR count). The van der Waals surface area contributed by atoms with Crippen molar-refractivity contribution in [3.63, 3.8) is 0 Å². The number of aryl methyl sites for hydroxylation is 1. The van der Waals surface area contributed by atoms with Gasteiger partial charge in [-0.25, -0.2) is 18.4 Å². The van der Waals surface area contributed by atoms with Crippen LogP contribution in [0.3, 0.4) is 0 Å². The van der Waals surface area contributed by atoms with Gasteiger partial charge in [0.25, 0.3) is 11.8 Å². The molecule has 154 valence electrons. The van der Waals surface area contributed by atoms with Crippen LogP contribution in [0.1, 0.15) is 26.4 Å². The third-order valence-electron chi connectivity index (χ3n) is 4.20. The summed E-state index contributed by atoms with van der Waals surface area (Å²) >= 11 is 0. The van der Waals surface area contributed by atoms with Crippen LogP contribution in [0.25, 0.3) is 0 Å². The number of carbonyl (C=O) groups excluding carboxylic acids is 2. The number of aromatic nitrogens is 2. The summed E-state index contributed by atoms with van der Waals surface area (Å²) in [4.78, 5) is 32.6. The van der Waals surface area contributed by atoms with Gasteiger partial charge in [0.2, 0.25) is 0 Å². The third kappa shape index (κ3) is 4.78. The molecule has 4 N–H and O–H groups in total. The lowest BCUT2D eigenvalue weighted by Gasteiger charge is -2.12. The van der Waals surface area contributed by atoms with Crippen molar-refractivity contribution < 1.29 is 18.0 Å². The molecule has 0 spiro atoms. The fourth-order valence-corrected chi connectivity index (χ4v) is 3.32. The van der Waals surface area contributed by atoms with Crippen LogP contribution in [0.15, 0.2) is 59.8 Å². The van der Waals surface area contributed by atoms with Gasteiger partial charge in [0.05, 0.1) is 4.90 Å². The molecule has 0 unspecified atom stereocenters. The van der Waals surface area contributed by atoms with E-state index in [4.69, 9.17) is 5.73 Å². The Morgan fingerprint density at radius 1 is 0.967 bits per heavy atom. The minimum atomic E-state index is -3.42. The first-order valence-electron chi connectivity index (χ1n) is 8.75. The largest absolute Gasteiger partial charge is 0.382 e. The van der Waals surface area contributed by atoms with E-state index in [-0.39, 0.29) is 22.0 Å². The molecular weight excluding hydrogens is 406 g/mol. The van der Waals surface area contributed by atoms with E-state index in [2.05, 4.69) is 20.6 Å².